The van der Waals surface area contributed by atoms with Gasteiger partial charge in [-0.05, 0) is 30.2 Å². The van der Waals surface area contributed by atoms with Crippen LogP contribution in [0.2, 0.25) is 0 Å². The molecular weight excluding hydrogens is 304 g/mol. The van der Waals surface area contributed by atoms with Gasteiger partial charge in [0, 0.05) is 19.4 Å². The summed E-state index contributed by atoms with van der Waals surface area (Å²) >= 11 is 0. The Morgan fingerprint density at radius 1 is 1.35 bits per heavy atom. The van der Waals surface area contributed by atoms with Crippen LogP contribution in [-0.2, 0) is 24.2 Å². The minimum absolute atomic E-state index is 0.0634. The van der Waals surface area contributed by atoms with Crippen molar-refractivity contribution in [2.24, 2.45) is 0 Å². The summed E-state index contributed by atoms with van der Waals surface area (Å²) in [6.07, 6.45) is 2.05. The molecule has 0 bridgehead atoms. The molecule has 1 amide bonds. The van der Waals surface area contributed by atoms with Crippen LogP contribution in [0.3, 0.4) is 0 Å². The number of carbonyl (C=O) groups is 1. The van der Waals surface area contributed by atoms with Gasteiger partial charge in [0.05, 0.1) is 24.1 Å². The van der Waals surface area contributed by atoms with Gasteiger partial charge in [-0.2, -0.15) is 0 Å². The number of hydrogen-bond acceptors (Lipinski definition) is 3. The zero-order valence-electron chi connectivity index (χ0n) is 12.3. The fraction of sp³-hybridized carbons (Fsp3) is 0.312. The van der Waals surface area contributed by atoms with Gasteiger partial charge >= 0.3 is 0 Å². The maximum atomic E-state index is 13.6. The Kier molecular flexibility index (Phi) is 4.18. The number of aromatic amines is 1. The molecule has 0 aliphatic carbocycles. The van der Waals surface area contributed by atoms with Crippen molar-refractivity contribution in [3.63, 3.8) is 0 Å². The van der Waals surface area contributed by atoms with Gasteiger partial charge in [0.15, 0.2) is 0 Å². The molecule has 7 heteroatoms. The van der Waals surface area contributed by atoms with Crippen molar-refractivity contribution < 1.29 is 13.6 Å². The highest BCUT2D eigenvalue weighted by Crippen LogP contribution is 2.16. The smallest absolute Gasteiger partial charge is 0.255 e. The number of aromatic nitrogens is 2. The van der Waals surface area contributed by atoms with Crippen molar-refractivity contribution in [1.29, 1.82) is 0 Å². The van der Waals surface area contributed by atoms with E-state index in [4.69, 9.17) is 0 Å². The number of nitrogens with one attached hydrogen (secondary N) is 1. The van der Waals surface area contributed by atoms with Crippen molar-refractivity contribution in [3.8, 4) is 0 Å². The molecule has 1 aliphatic rings. The second kappa shape index (κ2) is 6.28. The molecule has 3 rings (SSSR count). The Morgan fingerprint density at radius 2 is 2.17 bits per heavy atom. The number of rotatable bonds is 3. The molecule has 1 aliphatic heterocycles. The van der Waals surface area contributed by atoms with E-state index in [9.17, 15) is 18.4 Å². The van der Waals surface area contributed by atoms with Crippen LogP contribution < -0.4 is 5.56 Å². The molecule has 2 heterocycles. The summed E-state index contributed by atoms with van der Waals surface area (Å²) in [5.74, 6) is -1.25. The lowest BCUT2D eigenvalue weighted by Crippen LogP contribution is -2.39. The molecule has 0 unspecified atom stereocenters. The van der Waals surface area contributed by atoms with Gasteiger partial charge in [-0.3, -0.25) is 9.59 Å². The normalized spacial score (nSPS) is 13.7. The van der Waals surface area contributed by atoms with Gasteiger partial charge in [-0.1, -0.05) is 0 Å². The molecule has 0 saturated carbocycles. The van der Waals surface area contributed by atoms with Crippen LogP contribution in [0, 0.1) is 11.6 Å². The number of benzene rings is 1. The molecule has 0 radical (unpaired) electrons. The lowest BCUT2D eigenvalue weighted by Gasteiger charge is -2.27. The Labute approximate surface area is 131 Å². The summed E-state index contributed by atoms with van der Waals surface area (Å²) in [6.45, 7) is 0.664. The van der Waals surface area contributed by atoms with Crippen molar-refractivity contribution in [3.05, 3.63) is 63.3 Å². The fourth-order valence-corrected chi connectivity index (χ4v) is 2.70. The van der Waals surface area contributed by atoms with E-state index >= 15 is 0 Å². The highest BCUT2D eigenvalue weighted by atomic mass is 19.1. The van der Waals surface area contributed by atoms with Crippen molar-refractivity contribution in [2.45, 2.75) is 25.8 Å². The highest BCUT2D eigenvalue weighted by Gasteiger charge is 2.23. The average molecular weight is 319 g/mol. The van der Waals surface area contributed by atoms with Crippen molar-refractivity contribution in [1.82, 2.24) is 14.9 Å². The fourth-order valence-electron chi connectivity index (χ4n) is 2.70. The Hall–Kier alpha value is -2.57. The van der Waals surface area contributed by atoms with E-state index in [0.717, 1.165) is 18.2 Å². The SMILES string of the molecule is O=C(CCc1cc(F)ccc1F)N1CCc2nc[nH]c(=O)c2C1. The number of fused-ring (bicyclic) bond motifs is 1. The summed E-state index contributed by atoms with van der Waals surface area (Å²) in [5.41, 5.74) is 1.12. The molecule has 1 N–H and O–H groups in total. The lowest BCUT2D eigenvalue weighted by atomic mass is 10.0. The van der Waals surface area contributed by atoms with Crippen LogP contribution in [0.1, 0.15) is 23.2 Å². The third kappa shape index (κ3) is 3.28. The van der Waals surface area contributed by atoms with Crippen LogP contribution >= 0.6 is 0 Å². The Morgan fingerprint density at radius 3 is 3.00 bits per heavy atom. The zero-order valence-corrected chi connectivity index (χ0v) is 12.3. The third-order valence-corrected chi connectivity index (χ3v) is 3.97. The molecule has 5 nitrogen and oxygen atoms in total. The van der Waals surface area contributed by atoms with Crippen LogP contribution in [0.15, 0.2) is 29.3 Å². The number of halogens is 2. The van der Waals surface area contributed by atoms with Crippen LogP contribution in [0.25, 0.3) is 0 Å². The molecule has 1 aromatic heterocycles. The molecule has 23 heavy (non-hydrogen) atoms. The predicted octanol–water partition coefficient (Wildman–Crippen LogP) is 1.57. The minimum Gasteiger partial charge on any atom is -0.338 e. The van der Waals surface area contributed by atoms with Gasteiger partial charge in [-0.15, -0.1) is 0 Å². The van der Waals surface area contributed by atoms with Gasteiger partial charge < -0.3 is 9.88 Å². The number of carbonyl (C=O) groups excluding carboxylic acids is 1. The maximum Gasteiger partial charge on any atom is 0.255 e. The van der Waals surface area contributed by atoms with E-state index in [1.54, 1.807) is 4.90 Å². The van der Waals surface area contributed by atoms with E-state index < -0.39 is 11.6 Å². The molecule has 0 saturated heterocycles. The molecule has 0 spiro atoms. The summed E-state index contributed by atoms with van der Waals surface area (Å²) in [6, 6.07) is 3.20. The van der Waals surface area contributed by atoms with Gasteiger partial charge in [-0.25, -0.2) is 13.8 Å². The number of nitrogens with zero attached hydrogens (tertiary/aromatic N) is 2. The van der Waals surface area contributed by atoms with E-state index in [1.807, 2.05) is 0 Å². The minimum atomic E-state index is -0.529. The van der Waals surface area contributed by atoms with E-state index in [0.29, 0.717) is 24.2 Å². The largest absolute Gasteiger partial charge is 0.338 e. The second-order valence-electron chi connectivity index (χ2n) is 5.46. The summed E-state index contributed by atoms with van der Waals surface area (Å²) in [4.78, 5) is 32.2. The van der Waals surface area contributed by atoms with Gasteiger partial charge in [0.25, 0.3) is 5.56 Å². The first-order valence-corrected chi connectivity index (χ1v) is 7.32. The quantitative estimate of drug-likeness (QED) is 0.934. The monoisotopic (exact) mass is 319 g/mol. The molecule has 0 fully saturated rings. The number of amides is 1. The third-order valence-electron chi connectivity index (χ3n) is 3.97. The second-order valence-corrected chi connectivity index (χ2v) is 5.46. The van der Waals surface area contributed by atoms with Crippen molar-refractivity contribution >= 4 is 5.91 Å². The van der Waals surface area contributed by atoms with Crippen LogP contribution in [0.4, 0.5) is 8.78 Å². The summed E-state index contributed by atoms with van der Waals surface area (Å²) < 4.78 is 26.7. The van der Waals surface area contributed by atoms with Gasteiger partial charge in [0.1, 0.15) is 11.6 Å². The maximum absolute atomic E-state index is 13.6. The number of H-pyrrole nitrogens is 1. The standard InChI is InChI=1S/C16H15F2N3O2/c17-11-2-3-13(18)10(7-11)1-4-15(22)21-6-5-14-12(8-21)16(23)20-9-19-14/h2-3,7,9H,1,4-6,8H2,(H,19,20,23). The van der Waals surface area contributed by atoms with Crippen LogP contribution in [0.5, 0.6) is 0 Å². The average Bonchev–Trinajstić information content (AvgIpc) is 2.55. The first-order valence-electron chi connectivity index (χ1n) is 7.32. The zero-order chi connectivity index (χ0) is 16.4. The molecule has 2 aromatic rings. The van der Waals surface area contributed by atoms with Crippen molar-refractivity contribution in [2.75, 3.05) is 6.54 Å². The van der Waals surface area contributed by atoms with E-state index in [2.05, 4.69) is 9.97 Å². The Balaban J connectivity index is 1.67. The van der Waals surface area contributed by atoms with Crippen LogP contribution in [-0.4, -0.2) is 27.3 Å². The summed E-state index contributed by atoms with van der Waals surface area (Å²) in [5, 5.41) is 0. The lowest BCUT2D eigenvalue weighted by molar-refractivity contribution is -0.132. The first-order chi connectivity index (χ1) is 11.0. The number of hydrogen-bond donors (Lipinski definition) is 1. The van der Waals surface area contributed by atoms with E-state index in [-0.39, 0.29) is 36.4 Å². The topological polar surface area (TPSA) is 66.1 Å². The summed E-state index contributed by atoms with van der Waals surface area (Å²) in [7, 11) is 0. The predicted molar refractivity (Wildman–Crippen MR) is 78.7 cm³/mol. The molecule has 0 atom stereocenters. The molecular formula is C16H15F2N3O2. The molecule has 120 valence electrons. The van der Waals surface area contributed by atoms with E-state index in [1.165, 1.54) is 6.33 Å². The molecule has 1 aromatic carbocycles. The Bertz CT molecular complexity index is 804. The highest BCUT2D eigenvalue weighted by molar-refractivity contribution is 5.76. The van der Waals surface area contributed by atoms with Gasteiger partial charge in [0.2, 0.25) is 5.91 Å². The first kappa shape index (κ1) is 15.3. The number of aryl methyl sites for hydroxylation is 1.